The standard InChI is InChI=1S/C22H25N9/c1-29-6-8-30(9-7-29)17-11-16(12-17)27-22-26-14-20-18(2-5-31(20)28-22)15-10-19-21(25-13-15)24-4-3-23-19/h2-5,10,13-14,16-17H,6-9,11-12H2,1H3,(H,27,28)/t16-,17-. The number of rotatable bonds is 4. The molecular formula is C22H25N9. The van der Waals surface area contributed by atoms with Gasteiger partial charge in [-0.3, -0.25) is 9.88 Å². The lowest BCUT2D eigenvalue weighted by Gasteiger charge is -2.46. The second kappa shape index (κ2) is 7.51. The number of hydrogen-bond donors (Lipinski definition) is 1. The molecule has 1 saturated heterocycles. The Kier molecular flexibility index (Phi) is 4.50. The van der Waals surface area contributed by atoms with E-state index in [-0.39, 0.29) is 0 Å². The van der Waals surface area contributed by atoms with Crippen molar-refractivity contribution < 1.29 is 0 Å². The molecule has 0 atom stereocenters. The van der Waals surface area contributed by atoms with Crippen molar-refractivity contribution in [1.82, 2.24) is 39.3 Å². The van der Waals surface area contributed by atoms with Crippen LogP contribution >= 0.6 is 0 Å². The van der Waals surface area contributed by atoms with E-state index in [1.807, 2.05) is 35.2 Å². The highest BCUT2D eigenvalue weighted by atomic mass is 15.3. The highest BCUT2D eigenvalue weighted by Gasteiger charge is 2.35. The Morgan fingerprint density at radius 2 is 1.81 bits per heavy atom. The first-order valence-corrected chi connectivity index (χ1v) is 10.8. The van der Waals surface area contributed by atoms with Crippen LogP contribution in [0.2, 0.25) is 0 Å². The van der Waals surface area contributed by atoms with Gasteiger partial charge < -0.3 is 10.2 Å². The van der Waals surface area contributed by atoms with Crippen LogP contribution in [0.15, 0.2) is 43.1 Å². The molecule has 2 aliphatic rings. The van der Waals surface area contributed by atoms with E-state index in [2.05, 4.69) is 47.2 Å². The molecule has 9 heteroatoms. The van der Waals surface area contributed by atoms with Gasteiger partial charge in [0.15, 0.2) is 5.65 Å². The van der Waals surface area contributed by atoms with Crippen molar-refractivity contribution in [2.45, 2.75) is 24.9 Å². The van der Waals surface area contributed by atoms with Crippen molar-refractivity contribution in [2.75, 3.05) is 38.5 Å². The maximum atomic E-state index is 4.68. The van der Waals surface area contributed by atoms with E-state index in [9.17, 15) is 0 Å². The van der Waals surface area contributed by atoms with Crippen molar-refractivity contribution in [3.8, 4) is 11.1 Å². The molecule has 1 aliphatic heterocycles. The van der Waals surface area contributed by atoms with Gasteiger partial charge >= 0.3 is 0 Å². The van der Waals surface area contributed by atoms with Gasteiger partial charge in [0.25, 0.3) is 0 Å². The largest absolute Gasteiger partial charge is 0.350 e. The molecule has 158 valence electrons. The van der Waals surface area contributed by atoms with E-state index < -0.39 is 0 Å². The third-order valence-electron chi connectivity index (χ3n) is 6.55. The number of aromatic nitrogens is 6. The summed E-state index contributed by atoms with van der Waals surface area (Å²) in [5, 5.41) is 8.19. The number of likely N-dealkylation sites (N-methyl/N-ethyl adjacent to an activating group) is 1. The molecule has 0 amide bonds. The normalized spacial score (nSPS) is 22.6. The molecule has 4 aromatic heterocycles. The van der Waals surface area contributed by atoms with Crippen LogP contribution in [0.5, 0.6) is 0 Å². The van der Waals surface area contributed by atoms with Crippen LogP contribution in [-0.2, 0) is 0 Å². The fourth-order valence-corrected chi connectivity index (χ4v) is 4.59. The molecule has 1 N–H and O–H groups in total. The van der Waals surface area contributed by atoms with E-state index in [1.165, 1.54) is 26.2 Å². The lowest BCUT2D eigenvalue weighted by Crippen LogP contribution is -2.55. The van der Waals surface area contributed by atoms with Crippen molar-refractivity contribution >= 4 is 22.6 Å². The Labute approximate surface area is 180 Å². The van der Waals surface area contributed by atoms with E-state index in [1.54, 1.807) is 12.4 Å². The zero-order chi connectivity index (χ0) is 20.8. The average Bonchev–Trinajstić information content (AvgIpc) is 3.20. The molecule has 31 heavy (non-hydrogen) atoms. The predicted octanol–water partition coefficient (Wildman–Crippen LogP) is 1.92. The van der Waals surface area contributed by atoms with E-state index in [0.29, 0.717) is 23.7 Å². The quantitative estimate of drug-likeness (QED) is 0.541. The summed E-state index contributed by atoms with van der Waals surface area (Å²) in [6, 6.07) is 5.18. The summed E-state index contributed by atoms with van der Waals surface area (Å²) in [6.45, 7) is 4.70. The third-order valence-corrected chi connectivity index (χ3v) is 6.55. The van der Waals surface area contributed by atoms with Crippen LogP contribution < -0.4 is 5.32 Å². The second-order valence-electron chi connectivity index (χ2n) is 8.57. The number of nitrogens with zero attached hydrogens (tertiary/aromatic N) is 8. The summed E-state index contributed by atoms with van der Waals surface area (Å²) >= 11 is 0. The van der Waals surface area contributed by atoms with E-state index >= 15 is 0 Å². The fourth-order valence-electron chi connectivity index (χ4n) is 4.59. The Morgan fingerprint density at radius 3 is 2.68 bits per heavy atom. The number of piperazine rings is 1. The Morgan fingerprint density at radius 1 is 0.968 bits per heavy atom. The van der Waals surface area contributed by atoms with E-state index in [0.717, 1.165) is 35.0 Å². The first-order chi connectivity index (χ1) is 15.2. The van der Waals surface area contributed by atoms with Crippen LogP contribution in [0.4, 0.5) is 5.95 Å². The number of hydrogen-bond acceptors (Lipinski definition) is 8. The van der Waals surface area contributed by atoms with E-state index in [4.69, 9.17) is 0 Å². The van der Waals surface area contributed by atoms with Crippen molar-refractivity contribution in [1.29, 1.82) is 0 Å². The molecular weight excluding hydrogens is 390 g/mol. The summed E-state index contributed by atoms with van der Waals surface area (Å²) in [5.74, 6) is 0.680. The maximum Gasteiger partial charge on any atom is 0.241 e. The van der Waals surface area contributed by atoms with Crippen molar-refractivity contribution in [3.05, 3.63) is 43.1 Å². The minimum absolute atomic E-state index is 0.445. The van der Waals surface area contributed by atoms with Gasteiger partial charge in [-0.2, -0.15) is 0 Å². The van der Waals surface area contributed by atoms with Gasteiger partial charge in [-0.05, 0) is 32.0 Å². The molecule has 0 bridgehead atoms. The van der Waals surface area contributed by atoms with Crippen LogP contribution in [0.1, 0.15) is 12.8 Å². The molecule has 0 radical (unpaired) electrons. The highest BCUT2D eigenvalue weighted by molar-refractivity contribution is 5.84. The Bertz CT molecular complexity index is 1220. The fraction of sp³-hybridized carbons (Fsp3) is 0.409. The van der Waals surface area contributed by atoms with Gasteiger partial charge in [-0.25, -0.2) is 19.5 Å². The molecule has 0 spiro atoms. The zero-order valence-electron chi connectivity index (χ0n) is 17.5. The predicted molar refractivity (Wildman–Crippen MR) is 119 cm³/mol. The first-order valence-electron chi connectivity index (χ1n) is 10.8. The van der Waals surface area contributed by atoms with Crippen LogP contribution in [0.3, 0.4) is 0 Å². The highest BCUT2D eigenvalue weighted by Crippen LogP contribution is 2.29. The molecule has 0 unspecified atom stereocenters. The summed E-state index contributed by atoms with van der Waals surface area (Å²) in [7, 11) is 2.20. The van der Waals surface area contributed by atoms with Gasteiger partial charge in [-0.15, -0.1) is 5.10 Å². The topological polar surface area (TPSA) is 87.4 Å². The smallest absolute Gasteiger partial charge is 0.241 e. The monoisotopic (exact) mass is 415 g/mol. The van der Waals surface area contributed by atoms with Gasteiger partial charge in [0.05, 0.1) is 11.7 Å². The van der Waals surface area contributed by atoms with Gasteiger partial charge in [0, 0.05) is 74.2 Å². The summed E-state index contributed by atoms with van der Waals surface area (Å²) in [6.07, 6.45) is 11.3. The average molecular weight is 416 g/mol. The summed E-state index contributed by atoms with van der Waals surface area (Å²) in [5.41, 5.74) is 4.38. The number of nitrogens with one attached hydrogen (secondary N) is 1. The molecule has 2 fully saturated rings. The SMILES string of the molecule is CN1CCN([C@H]2C[C@H](Nc3ncc4c(-c5cnc6nccnc6c5)ccn4n3)C2)CC1. The van der Waals surface area contributed by atoms with Crippen molar-refractivity contribution in [2.24, 2.45) is 0 Å². The van der Waals surface area contributed by atoms with Crippen LogP contribution in [0, 0.1) is 0 Å². The molecule has 9 nitrogen and oxygen atoms in total. The van der Waals surface area contributed by atoms with Crippen molar-refractivity contribution in [3.63, 3.8) is 0 Å². The number of pyridine rings is 1. The van der Waals surface area contributed by atoms with Crippen LogP contribution in [-0.4, -0.2) is 84.7 Å². The number of fused-ring (bicyclic) bond motifs is 2. The lowest BCUT2D eigenvalue weighted by molar-refractivity contribution is 0.0656. The molecule has 6 rings (SSSR count). The Hall–Kier alpha value is -3.17. The third kappa shape index (κ3) is 3.49. The molecule has 5 heterocycles. The second-order valence-corrected chi connectivity index (χ2v) is 8.57. The minimum atomic E-state index is 0.445. The molecule has 1 saturated carbocycles. The lowest BCUT2D eigenvalue weighted by atomic mass is 9.85. The summed E-state index contributed by atoms with van der Waals surface area (Å²) in [4.78, 5) is 22.6. The molecule has 4 aromatic rings. The Balaban J connectivity index is 1.16. The van der Waals surface area contributed by atoms with Gasteiger partial charge in [0.1, 0.15) is 5.52 Å². The minimum Gasteiger partial charge on any atom is -0.350 e. The number of anilines is 1. The first kappa shape index (κ1) is 18.6. The van der Waals surface area contributed by atoms with Gasteiger partial charge in [-0.1, -0.05) is 0 Å². The van der Waals surface area contributed by atoms with Crippen LogP contribution in [0.25, 0.3) is 27.8 Å². The summed E-state index contributed by atoms with van der Waals surface area (Å²) < 4.78 is 1.88. The van der Waals surface area contributed by atoms with Gasteiger partial charge in [0.2, 0.25) is 5.95 Å². The maximum absolute atomic E-state index is 4.68. The molecule has 0 aromatic carbocycles. The zero-order valence-corrected chi connectivity index (χ0v) is 17.5. The molecule has 1 aliphatic carbocycles.